The fourth-order valence-electron chi connectivity index (χ4n) is 1.42. The first-order valence-electron chi connectivity index (χ1n) is 6.05. The van der Waals surface area contributed by atoms with Gasteiger partial charge >= 0.3 is 12.0 Å². The van der Waals surface area contributed by atoms with E-state index >= 15 is 0 Å². The highest BCUT2D eigenvalue weighted by Crippen LogP contribution is 1.96. The fraction of sp³-hybridized carbons (Fsp3) is 0.500. The molecule has 1 rings (SSSR count). The van der Waals surface area contributed by atoms with Crippen LogP contribution in [0.4, 0.5) is 4.79 Å². The van der Waals surface area contributed by atoms with E-state index in [0.717, 1.165) is 5.69 Å². The maximum absolute atomic E-state index is 11.8. The summed E-state index contributed by atoms with van der Waals surface area (Å²) in [6.45, 7) is 4.55. The highest BCUT2D eigenvalue weighted by Gasteiger charge is 2.12. The monoisotopic (exact) mass is 266 g/mol. The van der Waals surface area contributed by atoms with Gasteiger partial charge in [-0.15, -0.1) is 0 Å². The lowest BCUT2D eigenvalue weighted by Crippen LogP contribution is -2.40. The Balaban J connectivity index is 2.44. The lowest BCUT2D eigenvalue weighted by Gasteiger charge is -2.20. The number of hydrogen-bond donors (Lipinski definition) is 2. The van der Waals surface area contributed by atoms with E-state index < -0.39 is 5.97 Å². The van der Waals surface area contributed by atoms with Crippen LogP contribution in [0.25, 0.3) is 0 Å². The topological polar surface area (TPSA) is 95.4 Å². The molecule has 0 spiro atoms. The zero-order valence-electron chi connectivity index (χ0n) is 11.1. The standard InChI is InChI=1S/C12H18N4O3/c1-3-16(5-4-11(17)18)12(19)15-8-10-7-13-9(2)6-14-10/h6-7H,3-5,8H2,1-2H3,(H,15,19)(H,17,18). The predicted molar refractivity (Wildman–Crippen MR) is 68.5 cm³/mol. The molecule has 0 aliphatic carbocycles. The van der Waals surface area contributed by atoms with Gasteiger partial charge in [-0.05, 0) is 13.8 Å². The van der Waals surface area contributed by atoms with Gasteiger partial charge in [0.2, 0.25) is 0 Å². The lowest BCUT2D eigenvalue weighted by atomic mass is 10.4. The average Bonchev–Trinajstić information content (AvgIpc) is 2.38. The summed E-state index contributed by atoms with van der Waals surface area (Å²) in [5, 5.41) is 11.3. The molecule has 2 N–H and O–H groups in total. The summed E-state index contributed by atoms with van der Waals surface area (Å²) >= 11 is 0. The van der Waals surface area contributed by atoms with Gasteiger partial charge in [-0.1, -0.05) is 0 Å². The lowest BCUT2D eigenvalue weighted by molar-refractivity contribution is -0.137. The maximum Gasteiger partial charge on any atom is 0.317 e. The van der Waals surface area contributed by atoms with E-state index in [9.17, 15) is 9.59 Å². The van der Waals surface area contributed by atoms with Gasteiger partial charge in [-0.2, -0.15) is 0 Å². The molecule has 0 saturated heterocycles. The number of aromatic nitrogens is 2. The summed E-state index contributed by atoms with van der Waals surface area (Å²) in [5.41, 5.74) is 1.47. The van der Waals surface area contributed by atoms with Crippen molar-refractivity contribution >= 4 is 12.0 Å². The van der Waals surface area contributed by atoms with Crippen molar-refractivity contribution in [2.24, 2.45) is 0 Å². The van der Waals surface area contributed by atoms with Crippen LogP contribution in [0.15, 0.2) is 12.4 Å². The second-order valence-electron chi connectivity index (χ2n) is 4.03. The van der Waals surface area contributed by atoms with Crippen LogP contribution in [0.1, 0.15) is 24.7 Å². The summed E-state index contributed by atoms with van der Waals surface area (Å²) < 4.78 is 0. The summed E-state index contributed by atoms with van der Waals surface area (Å²) in [6, 6.07) is -0.300. The number of nitrogens with one attached hydrogen (secondary N) is 1. The molecule has 1 aromatic rings. The van der Waals surface area contributed by atoms with Crippen LogP contribution in [-0.4, -0.2) is 45.1 Å². The Morgan fingerprint density at radius 1 is 1.37 bits per heavy atom. The van der Waals surface area contributed by atoms with Crippen molar-refractivity contribution in [2.45, 2.75) is 26.8 Å². The van der Waals surface area contributed by atoms with Gasteiger partial charge in [0.15, 0.2) is 0 Å². The minimum Gasteiger partial charge on any atom is -0.481 e. The third kappa shape index (κ3) is 5.33. The number of aryl methyl sites for hydroxylation is 1. The van der Waals surface area contributed by atoms with E-state index in [0.29, 0.717) is 12.2 Å². The zero-order chi connectivity index (χ0) is 14.3. The molecule has 2 amide bonds. The normalized spacial score (nSPS) is 10.0. The van der Waals surface area contributed by atoms with Crippen molar-refractivity contribution in [1.82, 2.24) is 20.2 Å². The van der Waals surface area contributed by atoms with E-state index in [-0.39, 0.29) is 25.5 Å². The second-order valence-corrected chi connectivity index (χ2v) is 4.03. The van der Waals surface area contributed by atoms with Gasteiger partial charge in [0.05, 0.1) is 30.6 Å². The van der Waals surface area contributed by atoms with Crippen molar-refractivity contribution in [1.29, 1.82) is 0 Å². The van der Waals surface area contributed by atoms with Gasteiger partial charge in [-0.3, -0.25) is 14.8 Å². The molecule has 0 atom stereocenters. The number of carboxylic acid groups (broad SMARTS) is 1. The number of nitrogens with zero attached hydrogens (tertiary/aromatic N) is 3. The zero-order valence-corrected chi connectivity index (χ0v) is 11.1. The fourth-order valence-corrected chi connectivity index (χ4v) is 1.42. The van der Waals surface area contributed by atoms with Crippen LogP contribution in [0.3, 0.4) is 0 Å². The third-order valence-electron chi connectivity index (χ3n) is 2.52. The van der Waals surface area contributed by atoms with Crippen molar-refractivity contribution in [3.8, 4) is 0 Å². The number of carbonyl (C=O) groups is 2. The predicted octanol–water partition coefficient (Wildman–Crippen LogP) is 0.791. The van der Waals surface area contributed by atoms with Gasteiger partial charge in [-0.25, -0.2) is 4.79 Å². The Morgan fingerprint density at radius 3 is 2.63 bits per heavy atom. The molecule has 7 nitrogen and oxygen atoms in total. The molecule has 0 aromatic carbocycles. The number of amides is 2. The Morgan fingerprint density at radius 2 is 2.11 bits per heavy atom. The molecule has 0 radical (unpaired) electrons. The van der Waals surface area contributed by atoms with Gasteiger partial charge in [0.25, 0.3) is 0 Å². The van der Waals surface area contributed by atoms with Crippen molar-refractivity contribution in [2.75, 3.05) is 13.1 Å². The van der Waals surface area contributed by atoms with Gasteiger partial charge in [0.1, 0.15) is 0 Å². The molecule has 1 aromatic heterocycles. The molecular weight excluding hydrogens is 248 g/mol. The first kappa shape index (κ1) is 14.9. The second kappa shape index (κ2) is 7.30. The van der Waals surface area contributed by atoms with Crippen LogP contribution >= 0.6 is 0 Å². The Hall–Kier alpha value is -2.18. The van der Waals surface area contributed by atoms with Crippen LogP contribution in [0, 0.1) is 6.92 Å². The number of urea groups is 1. The van der Waals surface area contributed by atoms with Gasteiger partial charge in [0, 0.05) is 19.3 Å². The first-order chi connectivity index (χ1) is 9.02. The highest BCUT2D eigenvalue weighted by molar-refractivity contribution is 5.75. The number of carboxylic acids is 1. The SMILES string of the molecule is CCN(CCC(=O)O)C(=O)NCc1cnc(C)cn1. The molecule has 104 valence electrons. The first-order valence-corrected chi connectivity index (χ1v) is 6.05. The van der Waals surface area contributed by atoms with Crippen LogP contribution < -0.4 is 5.32 Å². The van der Waals surface area contributed by atoms with Crippen molar-refractivity contribution in [3.05, 3.63) is 23.8 Å². The summed E-state index contributed by atoms with van der Waals surface area (Å²) in [5.74, 6) is -0.921. The number of hydrogen-bond acceptors (Lipinski definition) is 4. The molecule has 1 heterocycles. The quantitative estimate of drug-likeness (QED) is 0.793. The molecule has 7 heteroatoms. The van der Waals surface area contributed by atoms with E-state index in [1.54, 1.807) is 19.3 Å². The smallest absolute Gasteiger partial charge is 0.317 e. The van der Waals surface area contributed by atoms with E-state index in [2.05, 4.69) is 15.3 Å². The van der Waals surface area contributed by atoms with Crippen molar-refractivity contribution in [3.63, 3.8) is 0 Å². The van der Waals surface area contributed by atoms with E-state index in [1.807, 2.05) is 6.92 Å². The van der Waals surface area contributed by atoms with Crippen LogP contribution in [0.5, 0.6) is 0 Å². The molecule has 0 aliphatic rings. The summed E-state index contributed by atoms with van der Waals surface area (Å²) in [6.07, 6.45) is 3.16. The number of carbonyl (C=O) groups excluding carboxylic acids is 1. The number of aliphatic carboxylic acids is 1. The average molecular weight is 266 g/mol. The molecule has 0 bridgehead atoms. The molecule has 0 unspecified atom stereocenters. The van der Waals surface area contributed by atoms with Crippen LogP contribution in [-0.2, 0) is 11.3 Å². The molecule has 0 fully saturated rings. The minimum absolute atomic E-state index is 0.0639. The molecule has 0 aliphatic heterocycles. The molecule has 0 saturated carbocycles. The Labute approximate surface area is 111 Å². The Kier molecular flexibility index (Phi) is 5.72. The Bertz CT molecular complexity index is 433. The van der Waals surface area contributed by atoms with Crippen LogP contribution in [0.2, 0.25) is 0 Å². The van der Waals surface area contributed by atoms with Crippen molar-refractivity contribution < 1.29 is 14.7 Å². The summed E-state index contributed by atoms with van der Waals surface area (Å²) in [7, 11) is 0. The molecule has 19 heavy (non-hydrogen) atoms. The molecular formula is C12H18N4O3. The van der Waals surface area contributed by atoms with E-state index in [4.69, 9.17) is 5.11 Å². The van der Waals surface area contributed by atoms with Gasteiger partial charge < -0.3 is 15.3 Å². The van der Waals surface area contributed by atoms with E-state index in [1.165, 1.54) is 4.90 Å². The summed E-state index contributed by atoms with van der Waals surface area (Å²) in [4.78, 5) is 31.9. The largest absolute Gasteiger partial charge is 0.481 e. The maximum atomic E-state index is 11.8. The third-order valence-corrected chi connectivity index (χ3v) is 2.52. The minimum atomic E-state index is -0.921. The highest BCUT2D eigenvalue weighted by atomic mass is 16.4. The number of rotatable bonds is 6.